The van der Waals surface area contributed by atoms with Crippen LogP contribution in [0.5, 0.6) is 11.5 Å². The Morgan fingerprint density at radius 2 is 1.67 bits per heavy atom. The average Bonchev–Trinajstić information content (AvgIpc) is 2.99. The lowest BCUT2D eigenvalue weighted by Gasteiger charge is -2.11. The summed E-state index contributed by atoms with van der Waals surface area (Å²) in [7, 11) is 0. The quantitative estimate of drug-likeness (QED) is 0.469. The van der Waals surface area contributed by atoms with E-state index in [1.807, 2.05) is 18.2 Å². The van der Waals surface area contributed by atoms with E-state index < -0.39 is 10.8 Å². The number of nitro groups is 1. The van der Waals surface area contributed by atoms with Gasteiger partial charge in [-0.05, 0) is 36.4 Å². The van der Waals surface area contributed by atoms with Crippen molar-refractivity contribution in [1.82, 2.24) is 0 Å². The lowest BCUT2D eigenvalue weighted by Crippen LogP contribution is -2.12. The standard InChI is InChI=1S/C22H19N3O5/c26-22(24-17-8-10-20-21(14-17)30-12-4-11-29-20)15-7-9-18(19(13-15)25(27)28)23-16-5-2-1-3-6-16/h1-3,5-10,13-14,23H,4,11-12H2,(H,24,26). The second kappa shape index (κ2) is 8.52. The Bertz CT molecular complexity index is 1090. The second-order valence-corrected chi connectivity index (χ2v) is 6.65. The molecule has 3 aromatic rings. The minimum Gasteiger partial charge on any atom is -0.490 e. The predicted octanol–water partition coefficient (Wildman–Crippen LogP) is 4.75. The molecule has 0 spiro atoms. The number of para-hydroxylation sites is 1. The first-order chi connectivity index (χ1) is 14.6. The normalized spacial score (nSPS) is 12.5. The molecule has 1 amide bonds. The number of nitro benzene ring substituents is 1. The van der Waals surface area contributed by atoms with Crippen molar-refractivity contribution in [3.63, 3.8) is 0 Å². The van der Waals surface area contributed by atoms with Crippen LogP contribution in [0.1, 0.15) is 16.8 Å². The van der Waals surface area contributed by atoms with Gasteiger partial charge in [-0.3, -0.25) is 14.9 Å². The molecule has 2 N–H and O–H groups in total. The molecule has 8 nitrogen and oxygen atoms in total. The lowest BCUT2D eigenvalue weighted by atomic mass is 10.1. The second-order valence-electron chi connectivity index (χ2n) is 6.65. The molecule has 30 heavy (non-hydrogen) atoms. The summed E-state index contributed by atoms with van der Waals surface area (Å²) in [5.74, 6) is 0.718. The number of fused-ring (bicyclic) bond motifs is 1. The molecule has 1 heterocycles. The summed E-state index contributed by atoms with van der Waals surface area (Å²) in [5.41, 5.74) is 1.51. The van der Waals surface area contributed by atoms with Crippen molar-refractivity contribution in [3.8, 4) is 11.5 Å². The lowest BCUT2D eigenvalue weighted by molar-refractivity contribution is -0.383. The van der Waals surface area contributed by atoms with Crippen molar-refractivity contribution in [1.29, 1.82) is 0 Å². The number of rotatable bonds is 5. The van der Waals surface area contributed by atoms with Crippen molar-refractivity contribution in [2.24, 2.45) is 0 Å². The average molecular weight is 405 g/mol. The number of benzene rings is 3. The highest BCUT2D eigenvalue weighted by atomic mass is 16.6. The summed E-state index contributed by atoms with van der Waals surface area (Å²) in [5, 5.41) is 17.3. The van der Waals surface area contributed by atoms with Gasteiger partial charge in [0, 0.05) is 35.5 Å². The number of nitrogens with zero attached hydrogens (tertiary/aromatic N) is 1. The highest BCUT2D eigenvalue weighted by Crippen LogP contribution is 2.33. The molecule has 0 radical (unpaired) electrons. The molecule has 4 rings (SSSR count). The smallest absolute Gasteiger partial charge is 0.293 e. The molecule has 0 unspecified atom stereocenters. The van der Waals surface area contributed by atoms with E-state index in [4.69, 9.17) is 9.47 Å². The molecule has 0 fully saturated rings. The van der Waals surface area contributed by atoms with Crippen LogP contribution in [0.25, 0.3) is 0 Å². The van der Waals surface area contributed by atoms with Gasteiger partial charge in [0.2, 0.25) is 0 Å². The van der Waals surface area contributed by atoms with Crippen LogP contribution in [0.3, 0.4) is 0 Å². The molecular weight excluding hydrogens is 386 g/mol. The highest BCUT2D eigenvalue weighted by Gasteiger charge is 2.19. The first kappa shape index (κ1) is 19.3. The Balaban J connectivity index is 1.55. The Morgan fingerprint density at radius 3 is 2.43 bits per heavy atom. The van der Waals surface area contributed by atoms with Gasteiger partial charge in [-0.2, -0.15) is 0 Å². The topological polar surface area (TPSA) is 103 Å². The maximum atomic E-state index is 12.7. The molecular formula is C22H19N3O5. The first-order valence-corrected chi connectivity index (χ1v) is 9.42. The zero-order chi connectivity index (χ0) is 20.9. The first-order valence-electron chi connectivity index (χ1n) is 9.42. The molecule has 0 aliphatic carbocycles. The van der Waals surface area contributed by atoms with Crippen LogP contribution in [0.2, 0.25) is 0 Å². The van der Waals surface area contributed by atoms with Gasteiger partial charge in [0.1, 0.15) is 5.69 Å². The van der Waals surface area contributed by atoms with Crippen LogP contribution >= 0.6 is 0 Å². The van der Waals surface area contributed by atoms with Crippen molar-refractivity contribution in [3.05, 3.63) is 82.4 Å². The molecule has 0 saturated heterocycles. The van der Waals surface area contributed by atoms with Crippen LogP contribution in [0.4, 0.5) is 22.7 Å². The summed E-state index contributed by atoms with van der Waals surface area (Å²) in [6.07, 6.45) is 0.781. The third kappa shape index (κ3) is 4.33. The van der Waals surface area contributed by atoms with E-state index >= 15 is 0 Å². The highest BCUT2D eigenvalue weighted by molar-refractivity contribution is 6.05. The van der Waals surface area contributed by atoms with Gasteiger partial charge in [0.25, 0.3) is 11.6 Å². The Labute approximate surface area is 172 Å². The van der Waals surface area contributed by atoms with Crippen molar-refractivity contribution in [2.45, 2.75) is 6.42 Å². The molecule has 1 aliphatic heterocycles. The van der Waals surface area contributed by atoms with E-state index in [9.17, 15) is 14.9 Å². The zero-order valence-electron chi connectivity index (χ0n) is 16.0. The van der Waals surface area contributed by atoms with E-state index in [-0.39, 0.29) is 11.3 Å². The maximum absolute atomic E-state index is 12.7. The third-order valence-corrected chi connectivity index (χ3v) is 4.51. The summed E-state index contributed by atoms with van der Waals surface area (Å²) in [6.45, 7) is 1.11. The molecule has 0 bridgehead atoms. The summed E-state index contributed by atoms with van der Waals surface area (Å²) >= 11 is 0. The minimum absolute atomic E-state index is 0.174. The number of nitrogens with one attached hydrogen (secondary N) is 2. The Kier molecular flexibility index (Phi) is 5.47. The van der Waals surface area contributed by atoms with Crippen LogP contribution in [-0.4, -0.2) is 24.0 Å². The largest absolute Gasteiger partial charge is 0.490 e. The van der Waals surface area contributed by atoms with Gasteiger partial charge in [-0.25, -0.2) is 0 Å². The summed E-state index contributed by atoms with van der Waals surface area (Å²) in [6, 6.07) is 18.5. The van der Waals surface area contributed by atoms with Crippen LogP contribution in [-0.2, 0) is 0 Å². The van der Waals surface area contributed by atoms with Crippen LogP contribution < -0.4 is 20.1 Å². The number of ether oxygens (including phenoxy) is 2. The minimum atomic E-state index is -0.518. The molecule has 152 valence electrons. The van der Waals surface area contributed by atoms with Crippen molar-refractivity contribution in [2.75, 3.05) is 23.8 Å². The zero-order valence-corrected chi connectivity index (χ0v) is 16.0. The van der Waals surface area contributed by atoms with Crippen LogP contribution in [0.15, 0.2) is 66.7 Å². The number of carbonyl (C=O) groups excluding carboxylic acids is 1. The fraction of sp³-hybridized carbons (Fsp3) is 0.136. The molecule has 8 heteroatoms. The van der Waals surface area contributed by atoms with Crippen molar-refractivity contribution >= 4 is 28.7 Å². The van der Waals surface area contributed by atoms with Gasteiger partial charge in [0.15, 0.2) is 11.5 Å². The predicted molar refractivity (Wildman–Crippen MR) is 113 cm³/mol. The van der Waals surface area contributed by atoms with E-state index in [2.05, 4.69) is 10.6 Å². The number of carbonyl (C=O) groups is 1. The monoisotopic (exact) mass is 405 g/mol. The fourth-order valence-corrected chi connectivity index (χ4v) is 3.05. The third-order valence-electron chi connectivity index (χ3n) is 4.51. The van der Waals surface area contributed by atoms with Crippen LogP contribution in [0, 0.1) is 10.1 Å². The number of amides is 1. The summed E-state index contributed by atoms with van der Waals surface area (Å²) < 4.78 is 11.2. The van der Waals surface area contributed by atoms with Crippen molar-refractivity contribution < 1.29 is 19.2 Å². The number of hydrogen-bond donors (Lipinski definition) is 2. The Morgan fingerprint density at radius 1 is 0.900 bits per heavy atom. The number of anilines is 3. The van der Waals surface area contributed by atoms with Gasteiger partial charge in [0.05, 0.1) is 18.1 Å². The molecule has 0 aromatic heterocycles. The van der Waals surface area contributed by atoms with E-state index in [0.717, 1.165) is 6.42 Å². The van der Waals surface area contributed by atoms with Gasteiger partial charge >= 0.3 is 0 Å². The maximum Gasteiger partial charge on any atom is 0.293 e. The Hall–Kier alpha value is -4.07. The molecule has 0 saturated carbocycles. The molecule has 1 aliphatic rings. The van der Waals surface area contributed by atoms with Gasteiger partial charge in [-0.1, -0.05) is 18.2 Å². The van der Waals surface area contributed by atoms with E-state index in [0.29, 0.717) is 41.8 Å². The molecule has 3 aromatic carbocycles. The SMILES string of the molecule is O=C(Nc1ccc2c(c1)OCCCO2)c1ccc(Nc2ccccc2)c([N+](=O)[O-])c1. The fourth-order valence-electron chi connectivity index (χ4n) is 3.05. The number of hydrogen-bond acceptors (Lipinski definition) is 6. The van der Waals surface area contributed by atoms with E-state index in [1.165, 1.54) is 18.2 Å². The van der Waals surface area contributed by atoms with Gasteiger partial charge in [-0.15, -0.1) is 0 Å². The van der Waals surface area contributed by atoms with E-state index in [1.54, 1.807) is 30.3 Å². The molecule has 0 atom stereocenters. The summed E-state index contributed by atoms with van der Waals surface area (Å²) in [4.78, 5) is 23.7. The van der Waals surface area contributed by atoms with Gasteiger partial charge < -0.3 is 20.1 Å².